The number of hydrogen-bond donors (Lipinski definition) is 1. The van der Waals surface area contributed by atoms with Gasteiger partial charge in [0.05, 0.1) is 18.4 Å². The van der Waals surface area contributed by atoms with Crippen molar-refractivity contribution < 1.29 is 23.1 Å². The largest absolute Gasteiger partial charge is 0.489 e. The fraction of sp³-hybridized carbons (Fsp3) is 0.292. The molecule has 1 heterocycles. The highest BCUT2D eigenvalue weighted by atomic mass is 19.1. The van der Waals surface area contributed by atoms with Gasteiger partial charge in [-0.15, -0.1) is 6.58 Å². The van der Waals surface area contributed by atoms with Crippen molar-refractivity contribution in [2.24, 2.45) is 0 Å². The Morgan fingerprint density at radius 3 is 2.63 bits per heavy atom. The van der Waals surface area contributed by atoms with Crippen molar-refractivity contribution in [2.45, 2.75) is 33.3 Å². The minimum atomic E-state index is -0.501. The van der Waals surface area contributed by atoms with Crippen molar-refractivity contribution in [1.82, 2.24) is 0 Å². The molecule has 5 nitrogen and oxygen atoms in total. The van der Waals surface area contributed by atoms with Gasteiger partial charge in [0.2, 0.25) is 0 Å². The van der Waals surface area contributed by atoms with Gasteiger partial charge >= 0.3 is 5.97 Å². The molecule has 0 radical (unpaired) electrons. The highest BCUT2D eigenvalue weighted by Gasteiger charge is 2.25. The third-order valence-electron chi connectivity index (χ3n) is 4.40. The van der Waals surface area contributed by atoms with Crippen LogP contribution in [0.15, 0.2) is 53.5 Å². The normalized spacial score (nSPS) is 11.0. The second-order valence-electron chi connectivity index (χ2n) is 7.05. The van der Waals surface area contributed by atoms with Gasteiger partial charge in [-0.1, -0.05) is 6.08 Å². The maximum atomic E-state index is 13.4. The quantitative estimate of drug-likeness (QED) is 0.258. The first-order valence-corrected chi connectivity index (χ1v) is 9.99. The molecule has 1 aromatic heterocycles. The molecule has 0 saturated carbocycles. The minimum absolute atomic E-state index is 0.0584. The van der Waals surface area contributed by atoms with Crippen LogP contribution in [0.1, 0.15) is 37.6 Å². The molecule has 0 aliphatic heterocycles. The van der Waals surface area contributed by atoms with Crippen molar-refractivity contribution in [3.8, 4) is 17.1 Å². The Bertz CT molecular complexity index is 1040. The van der Waals surface area contributed by atoms with Gasteiger partial charge in [-0.05, 0) is 57.5 Å². The lowest BCUT2D eigenvalue weighted by molar-refractivity contribution is 0.0528. The lowest BCUT2D eigenvalue weighted by atomic mass is 10.0. The summed E-state index contributed by atoms with van der Waals surface area (Å²) in [5, 5.41) is 3.90. The third-order valence-corrected chi connectivity index (χ3v) is 4.40. The molecule has 0 spiro atoms. The molecule has 6 heteroatoms. The molecule has 2 aromatic carbocycles. The number of carbonyl (C=O) groups excluding carboxylic acids is 1. The van der Waals surface area contributed by atoms with Gasteiger partial charge < -0.3 is 19.2 Å². The van der Waals surface area contributed by atoms with Crippen LogP contribution in [0.25, 0.3) is 22.3 Å². The summed E-state index contributed by atoms with van der Waals surface area (Å²) in [6.07, 6.45) is 2.55. The molecule has 0 saturated heterocycles. The van der Waals surface area contributed by atoms with Crippen LogP contribution in [0.4, 0.5) is 10.1 Å². The van der Waals surface area contributed by atoms with Crippen molar-refractivity contribution in [3.63, 3.8) is 0 Å². The maximum Gasteiger partial charge on any atom is 0.342 e. The van der Waals surface area contributed by atoms with Crippen molar-refractivity contribution in [3.05, 3.63) is 60.4 Å². The predicted molar refractivity (Wildman–Crippen MR) is 117 cm³/mol. The van der Waals surface area contributed by atoms with E-state index in [0.29, 0.717) is 40.2 Å². The summed E-state index contributed by atoms with van der Waals surface area (Å²) in [7, 11) is 0. The van der Waals surface area contributed by atoms with Crippen molar-refractivity contribution >= 4 is 22.6 Å². The van der Waals surface area contributed by atoms with Crippen LogP contribution in [0.3, 0.4) is 0 Å². The molecule has 0 aliphatic rings. The van der Waals surface area contributed by atoms with Crippen LogP contribution in [0, 0.1) is 5.82 Å². The van der Waals surface area contributed by atoms with E-state index in [1.807, 2.05) is 26.0 Å². The molecule has 1 N–H and O–H groups in total. The first-order chi connectivity index (χ1) is 14.4. The highest BCUT2D eigenvalue weighted by Crippen LogP contribution is 2.39. The zero-order valence-corrected chi connectivity index (χ0v) is 17.5. The average Bonchev–Trinajstić information content (AvgIpc) is 3.07. The van der Waals surface area contributed by atoms with E-state index in [1.165, 1.54) is 12.1 Å². The van der Waals surface area contributed by atoms with Gasteiger partial charge in [0, 0.05) is 23.6 Å². The smallest absolute Gasteiger partial charge is 0.342 e. The number of esters is 1. The zero-order chi connectivity index (χ0) is 21.7. The number of furan rings is 1. The Hall–Kier alpha value is -3.28. The average molecular weight is 411 g/mol. The molecule has 0 unspecified atom stereocenters. The van der Waals surface area contributed by atoms with Gasteiger partial charge in [0.1, 0.15) is 28.5 Å². The van der Waals surface area contributed by atoms with Gasteiger partial charge in [-0.2, -0.15) is 0 Å². The standard InChI is InChI=1S/C24H26FNO4/c1-5-7-12-26-19-14-20-18(13-21(19)29-15(3)4)22(24(27)28-6-2)23(30-20)16-8-10-17(25)11-9-16/h5,8-11,13-15,26H,1,6-7,12H2,2-4H3. The van der Waals surface area contributed by atoms with Crippen LogP contribution < -0.4 is 10.1 Å². The fourth-order valence-electron chi connectivity index (χ4n) is 3.13. The summed E-state index contributed by atoms with van der Waals surface area (Å²) in [5.74, 6) is 0.0769. The van der Waals surface area contributed by atoms with E-state index in [2.05, 4.69) is 11.9 Å². The Labute approximate surface area is 175 Å². The molecule has 0 aliphatic carbocycles. The van der Waals surface area contributed by atoms with E-state index in [0.717, 1.165) is 12.1 Å². The van der Waals surface area contributed by atoms with Crippen LogP contribution >= 0.6 is 0 Å². The van der Waals surface area contributed by atoms with E-state index >= 15 is 0 Å². The summed E-state index contributed by atoms with van der Waals surface area (Å²) in [6.45, 7) is 10.3. The third kappa shape index (κ3) is 4.64. The second-order valence-corrected chi connectivity index (χ2v) is 7.05. The first-order valence-electron chi connectivity index (χ1n) is 9.99. The number of anilines is 1. The molecule has 3 aromatic rings. The number of nitrogens with one attached hydrogen (secondary N) is 1. The molecule has 30 heavy (non-hydrogen) atoms. The van der Waals surface area contributed by atoms with Crippen LogP contribution in [0.2, 0.25) is 0 Å². The molecule has 0 bridgehead atoms. The summed E-state index contributed by atoms with van der Waals surface area (Å²) < 4.78 is 30.7. The lowest BCUT2D eigenvalue weighted by Gasteiger charge is -2.15. The lowest BCUT2D eigenvalue weighted by Crippen LogP contribution is -2.10. The van der Waals surface area contributed by atoms with E-state index < -0.39 is 5.97 Å². The Morgan fingerprint density at radius 2 is 2.00 bits per heavy atom. The van der Waals surface area contributed by atoms with Gasteiger partial charge in [-0.3, -0.25) is 0 Å². The van der Waals surface area contributed by atoms with Gasteiger partial charge in [0.15, 0.2) is 0 Å². The Morgan fingerprint density at radius 1 is 1.27 bits per heavy atom. The number of carbonyl (C=O) groups is 1. The maximum absolute atomic E-state index is 13.4. The summed E-state index contributed by atoms with van der Waals surface area (Å²) in [4.78, 5) is 12.8. The molecule has 0 atom stereocenters. The van der Waals surface area contributed by atoms with Crippen LogP contribution in [-0.2, 0) is 4.74 Å². The predicted octanol–water partition coefficient (Wildman–Crippen LogP) is 6.19. The van der Waals surface area contributed by atoms with Crippen LogP contribution in [-0.4, -0.2) is 25.2 Å². The Kier molecular flexibility index (Phi) is 6.77. The summed E-state index contributed by atoms with van der Waals surface area (Å²) in [5.41, 5.74) is 2.15. The SMILES string of the molecule is C=CCCNc1cc2oc(-c3ccc(F)cc3)c(C(=O)OCC)c2cc1OC(C)C. The zero-order valence-electron chi connectivity index (χ0n) is 17.5. The number of ether oxygens (including phenoxy) is 2. The van der Waals surface area contributed by atoms with E-state index in [9.17, 15) is 9.18 Å². The number of hydrogen-bond acceptors (Lipinski definition) is 5. The van der Waals surface area contributed by atoms with Crippen molar-refractivity contribution in [1.29, 1.82) is 0 Å². The highest BCUT2D eigenvalue weighted by molar-refractivity contribution is 6.09. The molecule has 0 fully saturated rings. The second kappa shape index (κ2) is 9.48. The number of benzene rings is 2. The topological polar surface area (TPSA) is 60.7 Å². The van der Waals surface area contributed by atoms with Crippen molar-refractivity contribution in [2.75, 3.05) is 18.5 Å². The summed E-state index contributed by atoms with van der Waals surface area (Å²) in [6, 6.07) is 9.40. The Balaban J connectivity index is 2.20. The van der Waals surface area contributed by atoms with Gasteiger partial charge in [0.25, 0.3) is 0 Å². The molecular formula is C24H26FNO4. The van der Waals surface area contributed by atoms with Crippen LogP contribution in [0.5, 0.6) is 5.75 Å². The first kappa shape index (κ1) is 21.4. The van der Waals surface area contributed by atoms with Gasteiger partial charge in [-0.25, -0.2) is 9.18 Å². The molecule has 158 valence electrons. The number of rotatable bonds is 9. The number of fused-ring (bicyclic) bond motifs is 1. The number of halogens is 1. The molecule has 0 amide bonds. The van der Waals surface area contributed by atoms with E-state index in [1.54, 1.807) is 25.1 Å². The minimum Gasteiger partial charge on any atom is -0.489 e. The molecule has 3 rings (SSSR count). The fourth-order valence-corrected chi connectivity index (χ4v) is 3.13. The molecular weight excluding hydrogens is 385 g/mol. The van der Waals surface area contributed by atoms with E-state index in [4.69, 9.17) is 13.9 Å². The summed E-state index contributed by atoms with van der Waals surface area (Å²) >= 11 is 0. The monoisotopic (exact) mass is 411 g/mol. The van der Waals surface area contributed by atoms with E-state index in [-0.39, 0.29) is 18.5 Å².